The van der Waals surface area contributed by atoms with Gasteiger partial charge in [0, 0.05) is 24.9 Å². The van der Waals surface area contributed by atoms with Crippen LogP contribution in [0.4, 0.5) is 5.13 Å². The molecule has 2 rings (SSSR count). The largest absolute Gasteiger partial charge is 0.377 e. The van der Waals surface area contributed by atoms with Crippen LogP contribution in [0, 0.1) is 0 Å². The standard InChI is InChI=1S/C13H20N2O2S/c1-9(2)17-8-7-15(3)13-14-12-10(16)5-4-6-11(12)18-13/h9H,4-8H2,1-3H3. The van der Waals surface area contributed by atoms with Gasteiger partial charge in [0.25, 0.3) is 0 Å². The first kappa shape index (κ1) is 13.5. The Labute approximate surface area is 112 Å². The van der Waals surface area contributed by atoms with Crippen molar-refractivity contribution in [2.24, 2.45) is 0 Å². The van der Waals surface area contributed by atoms with E-state index in [1.165, 1.54) is 0 Å². The van der Waals surface area contributed by atoms with Crippen LogP contribution in [0.1, 0.15) is 42.1 Å². The van der Waals surface area contributed by atoms with E-state index in [1.807, 2.05) is 20.9 Å². The van der Waals surface area contributed by atoms with Crippen molar-refractivity contribution in [3.63, 3.8) is 0 Å². The van der Waals surface area contributed by atoms with Crippen LogP contribution in [0.3, 0.4) is 0 Å². The number of fused-ring (bicyclic) bond motifs is 1. The van der Waals surface area contributed by atoms with E-state index in [0.29, 0.717) is 18.7 Å². The van der Waals surface area contributed by atoms with E-state index in [2.05, 4.69) is 9.88 Å². The molecule has 0 saturated carbocycles. The normalized spacial score (nSPS) is 15.0. The van der Waals surface area contributed by atoms with Crippen molar-refractivity contribution in [2.75, 3.05) is 25.1 Å². The van der Waals surface area contributed by atoms with Gasteiger partial charge in [0.2, 0.25) is 0 Å². The number of ether oxygens (including phenoxy) is 1. The lowest BCUT2D eigenvalue weighted by atomic mass is 10.0. The average Bonchev–Trinajstić information content (AvgIpc) is 2.74. The molecule has 0 saturated heterocycles. The Morgan fingerprint density at radius 3 is 2.89 bits per heavy atom. The number of aromatic nitrogens is 1. The number of carbonyl (C=O) groups excluding carboxylic acids is 1. The molecule has 0 aromatic carbocycles. The van der Waals surface area contributed by atoms with Crippen LogP contribution in [0.2, 0.25) is 0 Å². The summed E-state index contributed by atoms with van der Waals surface area (Å²) in [5.41, 5.74) is 0.706. The van der Waals surface area contributed by atoms with E-state index < -0.39 is 0 Å². The van der Waals surface area contributed by atoms with Gasteiger partial charge in [0.05, 0.1) is 12.7 Å². The summed E-state index contributed by atoms with van der Waals surface area (Å²) in [6, 6.07) is 0. The molecule has 0 amide bonds. The number of thiazole rings is 1. The molecule has 0 unspecified atom stereocenters. The Bertz CT molecular complexity index is 429. The summed E-state index contributed by atoms with van der Waals surface area (Å²) in [5, 5.41) is 0.933. The second-order valence-corrected chi connectivity index (χ2v) is 5.95. The topological polar surface area (TPSA) is 42.4 Å². The minimum atomic E-state index is 0.200. The zero-order valence-electron chi connectivity index (χ0n) is 11.2. The molecule has 1 aromatic rings. The Morgan fingerprint density at radius 1 is 1.44 bits per heavy atom. The smallest absolute Gasteiger partial charge is 0.186 e. The zero-order chi connectivity index (χ0) is 13.1. The second kappa shape index (κ2) is 5.80. The van der Waals surface area contributed by atoms with Gasteiger partial charge in [-0.05, 0) is 26.7 Å². The average molecular weight is 268 g/mol. The minimum Gasteiger partial charge on any atom is -0.377 e. The molecule has 5 heteroatoms. The van der Waals surface area contributed by atoms with E-state index >= 15 is 0 Å². The Kier molecular flexibility index (Phi) is 4.35. The third-order valence-electron chi connectivity index (χ3n) is 2.96. The van der Waals surface area contributed by atoms with E-state index in [9.17, 15) is 4.79 Å². The number of anilines is 1. The highest BCUT2D eigenvalue weighted by Gasteiger charge is 2.23. The molecule has 4 nitrogen and oxygen atoms in total. The number of ketones is 1. The molecular formula is C13H20N2O2S. The lowest BCUT2D eigenvalue weighted by Gasteiger charge is -2.16. The summed E-state index contributed by atoms with van der Waals surface area (Å²) in [6.07, 6.45) is 2.86. The number of carbonyl (C=O) groups is 1. The van der Waals surface area contributed by atoms with Gasteiger partial charge in [-0.25, -0.2) is 4.98 Å². The number of aryl methyl sites for hydroxylation is 1. The number of hydrogen-bond acceptors (Lipinski definition) is 5. The first-order valence-electron chi connectivity index (χ1n) is 6.43. The molecule has 0 N–H and O–H groups in total. The lowest BCUT2D eigenvalue weighted by Crippen LogP contribution is -2.23. The van der Waals surface area contributed by atoms with Crippen LogP contribution in [0.25, 0.3) is 0 Å². The van der Waals surface area contributed by atoms with Crippen molar-refractivity contribution >= 4 is 22.3 Å². The van der Waals surface area contributed by atoms with Crippen LogP contribution >= 0.6 is 11.3 Å². The maximum absolute atomic E-state index is 11.7. The minimum absolute atomic E-state index is 0.200. The zero-order valence-corrected chi connectivity index (χ0v) is 12.0. The number of Topliss-reactive ketones (excluding diaryl/α,β-unsaturated/α-hetero) is 1. The predicted molar refractivity (Wildman–Crippen MR) is 73.7 cm³/mol. The summed E-state index contributed by atoms with van der Waals surface area (Å²) in [6.45, 7) is 5.55. The molecule has 100 valence electrons. The Hall–Kier alpha value is -0.940. The molecular weight excluding hydrogens is 248 g/mol. The van der Waals surface area contributed by atoms with Crippen molar-refractivity contribution in [3.05, 3.63) is 10.6 Å². The SMILES string of the molecule is CC(C)OCCN(C)c1nc2c(s1)CCCC2=O. The lowest BCUT2D eigenvalue weighted by molar-refractivity contribution is 0.0846. The third-order valence-corrected chi connectivity index (χ3v) is 4.19. The highest BCUT2D eigenvalue weighted by molar-refractivity contribution is 7.16. The fourth-order valence-corrected chi connectivity index (χ4v) is 3.05. The van der Waals surface area contributed by atoms with Crippen molar-refractivity contribution in [1.82, 2.24) is 4.98 Å². The fraction of sp³-hybridized carbons (Fsp3) is 0.692. The van der Waals surface area contributed by atoms with E-state index in [0.717, 1.165) is 29.4 Å². The van der Waals surface area contributed by atoms with Gasteiger partial charge < -0.3 is 9.64 Å². The molecule has 1 aliphatic carbocycles. The quantitative estimate of drug-likeness (QED) is 0.823. The molecule has 0 atom stereocenters. The molecule has 1 aliphatic rings. The summed E-state index contributed by atoms with van der Waals surface area (Å²) in [4.78, 5) is 19.4. The van der Waals surface area contributed by atoms with Crippen LogP contribution in [0.5, 0.6) is 0 Å². The predicted octanol–water partition coefficient (Wildman–Crippen LogP) is 2.52. The molecule has 0 aliphatic heterocycles. The maximum Gasteiger partial charge on any atom is 0.186 e. The molecule has 0 bridgehead atoms. The monoisotopic (exact) mass is 268 g/mol. The summed E-state index contributed by atoms with van der Waals surface area (Å²) in [7, 11) is 2.00. The first-order valence-corrected chi connectivity index (χ1v) is 7.25. The van der Waals surface area contributed by atoms with Gasteiger partial charge in [-0.2, -0.15) is 0 Å². The molecule has 1 heterocycles. The number of likely N-dealkylation sites (N-methyl/N-ethyl adjacent to an activating group) is 1. The number of nitrogens with zero attached hydrogens (tertiary/aromatic N) is 2. The fourth-order valence-electron chi connectivity index (χ4n) is 1.94. The Morgan fingerprint density at radius 2 is 2.22 bits per heavy atom. The molecule has 0 fully saturated rings. The van der Waals surface area contributed by atoms with Gasteiger partial charge in [0.15, 0.2) is 10.9 Å². The maximum atomic E-state index is 11.7. The highest BCUT2D eigenvalue weighted by atomic mass is 32.1. The van der Waals surface area contributed by atoms with Gasteiger partial charge >= 0.3 is 0 Å². The summed E-state index contributed by atoms with van der Waals surface area (Å²) >= 11 is 1.64. The van der Waals surface area contributed by atoms with Crippen LogP contribution in [-0.4, -0.2) is 37.1 Å². The van der Waals surface area contributed by atoms with Gasteiger partial charge in [-0.1, -0.05) is 0 Å². The summed E-state index contributed by atoms with van der Waals surface area (Å²) in [5.74, 6) is 0.200. The van der Waals surface area contributed by atoms with Crippen molar-refractivity contribution in [3.8, 4) is 0 Å². The Balaban J connectivity index is 1.98. The van der Waals surface area contributed by atoms with Crippen LogP contribution < -0.4 is 4.90 Å². The van der Waals surface area contributed by atoms with Crippen molar-refractivity contribution in [1.29, 1.82) is 0 Å². The number of rotatable bonds is 5. The third kappa shape index (κ3) is 3.09. The number of hydrogen-bond donors (Lipinski definition) is 0. The van der Waals surface area contributed by atoms with E-state index in [-0.39, 0.29) is 11.9 Å². The molecule has 0 radical (unpaired) electrons. The molecule has 1 aromatic heterocycles. The van der Waals surface area contributed by atoms with Gasteiger partial charge in [-0.3, -0.25) is 4.79 Å². The van der Waals surface area contributed by atoms with Crippen molar-refractivity contribution in [2.45, 2.75) is 39.2 Å². The molecule has 18 heavy (non-hydrogen) atoms. The van der Waals surface area contributed by atoms with Gasteiger partial charge in [-0.15, -0.1) is 11.3 Å². The summed E-state index contributed by atoms with van der Waals surface area (Å²) < 4.78 is 5.53. The highest BCUT2D eigenvalue weighted by Crippen LogP contribution is 2.31. The van der Waals surface area contributed by atoms with Crippen LogP contribution in [0.15, 0.2) is 0 Å². The van der Waals surface area contributed by atoms with Crippen LogP contribution in [-0.2, 0) is 11.2 Å². The molecule has 0 spiro atoms. The van der Waals surface area contributed by atoms with Crippen molar-refractivity contribution < 1.29 is 9.53 Å². The van der Waals surface area contributed by atoms with E-state index in [1.54, 1.807) is 11.3 Å². The second-order valence-electron chi connectivity index (χ2n) is 4.89. The van der Waals surface area contributed by atoms with Gasteiger partial charge in [0.1, 0.15) is 5.69 Å². The first-order chi connectivity index (χ1) is 8.58. The van der Waals surface area contributed by atoms with E-state index in [4.69, 9.17) is 4.74 Å².